The number of hydrogen-bond donors (Lipinski definition) is 2. The van der Waals surface area contributed by atoms with E-state index >= 15 is 0 Å². The maximum absolute atomic E-state index is 11.8. The number of hydrazone groups is 1. The molecule has 0 saturated carbocycles. The Balaban J connectivity index is 2.12. The molecule has 22 heavy (non-hydrogen) atoms. The van der Waals surface area contributed by atoms with Gasteiger partial charge in [-0.05, 0) is 31.2 Å². The zero-order valence-electron chi connectivity index (χ0n) is 11.8. The quantitative estimate of drug-likeness (QED) is 0.631. The molecule has 0 atom stereocenters. The van der Waals surface area contributed by atoms with Gasteiger partial charge in [-0.3, -0.25) is 9.78 Å². The van der Waals surface area contributed by atoms with Crippen molar-refractivity contribution in [1.82, 2.24) is 10.4 Å². The molecular weight excluding hydrogens is 350 g/mol. The molecule has 6 nitrogen and oxygen atoms in total. The molecule has 0 bridgehead atoms. The third-order valence-corrected chi connectivity index (χ3v) is 3.12. The molecule has 2 aromatic rings. The van der Waals surface area contributed by atoms with Crippen LogP contribution in [0.1, 0.15) is 22.8 Å². The van der Waals surface area contributed by atoms with Crippen LogP contribution >= 0.6 is 15.9 Å². The first-order valence-electron chi connectivity index (χ1n) is 6.50. The fraction of sp³-hybridized carbons (Fsp3) is 0.133. The van der Waals surface area contributed by atoms with Gasteiger partial charge in [0.2, 0.25) is 0 Å². The predicted octanol–water partition coefficient (Wildman–Crippen LogP) is 2.71. The second-order valence-corrected chi connectivity index (χ2v) is 5.13. The molecule has 1 amide bonds. The Morgan fingerprint density at radius 1 is 1.55 bits per heavy atom. The van der Waals surface area contributed by atoms with Crippen LogP contribution in [0, 0.1) is 0 Å². The van der Waals surface area contributed by atoms with E-state index in [-0.39, 0.29) is 11.7 Å². The highest BCUT2D eigenvalue weighted by Crippen LogP contribution is 2.32. The van der Waals surface area contributed by atoms with Crippen LogP contribution in [0.25, 0.3) is 0 Å². The highest BCUT2D eigenvalue weighted by Gasteiger charge is 2.09. The largest absolute Gasteiger partial charge is 0.504 e. The Hall–Kier alpha value is -2.41. The number of benzene rings is 1. The highest BCUT2D eigenvalue weighted by atomic mass is 79.9. The van der Waals surface area contributed by atoms with Crippen molar-refractivity contribution in [2.75, 3.05) is 6.61 Å². The summed E-state index contributed by atoms with van der Waals surface area (Å²) in [5.41, 5.74) is 3.19. The van der Waals surface area contributed by atoms with E-state index in [1.807, 2.05) is 6.92 Å². The van der Waals surface area contributed by atoms with E-state index in [2.05, 4.69) is 31.4 Å². The standard InChI is InChI=1S/C15H14BrN3O3/c1-2-22-13-7-12(16)6-11(14(13)20)9-18-19-15(21)10-4-3-5-17-8-10/h3-9,20H,2H2,1H3,(H,19,21)/b18-9-. The number of nitrogens with zero attached hydrogens (tertiary/aromatic N) is 2. The molecule has 114 valence electrons. The van der Waals surface area contributed by atoms with E-state index < -0.39 is 0 Å². The molecule has 0 saturated heterocycles. The number of hydrogen-bond acceptors (Lipinski definition) is 5. The maximum atomic E-state index is 11.8. The van der Waals surface area contributed by atoms with Crippen molar-refractivity contribution in [3.8, 4) is 11.5 Å². The van der Waals surface area contributed by atoms with E-state index in [1.165, 1.54) is 12.4 Å². The second-order valence-electron chi connectivity index (χ2n) is 4.22. The summed E-state index contributed by atoms with van der Waals surface area (Å²) in [5.74, 6) is -0.0785. The lowest BCUT2D eigenvalue weighted by atomic mass is 10.2. The van der Waals surface area contributed by atoms with Crippen LogP contribution in [0.15, 0.2) is 46.2 Å². The molecule has 0 radical (unpaired) electrons. The summed E-state index contributed by atoms with van der Waals surface area (Å²) >= 11 is 3.33. The molecule has 0 fully saturated rings. The lowest BCUT2D eigenvalue weighted by molar-refractivity contribution is 0.0954. The second kappa shape index (κ2) is 7.56. The number of phenols is 1. The van der Waals surface area contributed by atoms with Crippen LogP contribution in [0.5, 0.6) is 11.5 Å². The number of ether oxygens (including phenoxy) is 1. The van der Waals surface area contributed by atoms with Gasteiger partial charge in [-0.25, -0.2) is 5.43 Å². The highest BCUT2D eigenvalue weighted by molar-refractivity contribution is 9.10. The van der Waals surface area contributed by atoms with Crippen molar-refractivity contribution < 1.29 is 14.6 Å². The average Bonchev–Trinajstić information content (AvgIpc) is 2.52. The summed E-state index contributed by atoms with van der Waals surface area (Å²) in [6.07, 6.45) is 4.36. The summed E-state index contributed by atoms with van der Waals surface area (Å²) in [6.45, 7) is 2.25. The fourth-order valence-corrected chi connectivity index (χ4v) is 2.13. The van der Waals surface area contributed by atoms with Gasteiger partial charge in [0.25, 0.3) is 5.91 Å². The Morgan fingerprint density at radius 3 is 3.05 bits per heavy atom. The van der Waals surface area contributed by atoms with Crippen LogP contribution in [0.2, 0.25) is 0 Å². The molecular formula is C15H14BrN3O3. The number of pyridine rings is 1. The molecule has 0 aliphatic rings. The van der Waals surface area contributed by atoms with E-state index in [4.69, 9.17) is 4.74 Å². The average molecular weight is 364 g/mol. The normalized spacial score (nSPS) is 10.6. The smallest absolute Gasteiger partial charge is 0.272 e. The minimum atomic E-state index is -0.385. The van der Waals surface area contributed by atoms with Crippen LogP contribution in [0.3, 0.4) is 0 Å². The molecule has 7 heteroatoms. The summed E-state index contributed by atoms with van der Waals surface area (Å²) < 4.78 is 6.05. The Morgan fingerprint density at radius 2 is 2.36 bits per heavy atom. The van der Waals surface area contributed by atoms with Gasteiger partial charge < -0.3 is 9.84 Å². The summed E-state index contributed by atoms with van der Waals surface area (Å²) in [4.78, 5) is 15.6. The van der Waals surface area contributed by atoms with Crippen LogP contribution in [0.4, 0.5) is 0 Å². The van der Waals surface area contributed by atoms with Crippen LogP contribution in [-0.4, -0.2) is 28.8 Å². The number of nitrogens with one attached hydrogen (secondary N) is 1. The zero-order valence-corrected chi connectivity index (χ0v) is 13.4. The molecule has 2 rings (SSSR count). The fourth-order valence-electron chi connectivity index (χ4n) is 1.68. The van der Waals surface area contributed by atoms with Crippen molar-refractivity contribution in [1.29, 1.82) is 0 Å². The Kier molecular flexibility index (Phi) is 5.48. The van der Waals surface area contributed by atoms with Crippen LogP contribution < -0.4 is 10.2 Å². The Labute approximate surface area is 136 Å². The lowest BCUT2D eigenvalue weighted by Gasteiger charge is -2.08. The molecule has 2 N–H and O–H groups in total. The monoisotopic (exact) mass is 363 g/mol. The first-order valence-corrected chi connectivity index (χ1v) is 7.30. The summed E-state index contributed by atoms with van der Waals surface area (Å²) in [6, 6.07) is 6.61. The van der Waals surface area contributed by atoms with Gasteiger partial charge in [0, 0.05) is 22.4 Å². The van der Waals surface area contributed by atoms with Gasteiger partial charge in [-0.15, -0.1) is 0 Å². The number of rotatable bonds is 5. The SMILES string of the molecule is CCOc1cc(Br)cc(/C=N\NC(=O)c2cccnc2)c1O. The molecule has 0 aliphatic carbocycles. The van der Waals surface area contributed by atoms with Gasteiger partial charge in [-0.2, -0.15) is 5.10 Å². The molecule has 1 heterocycles. The first-order chi connectivity index (χ1) is 10.6. The maximum Gasteiger partial charge on any atom is 0.272 e. The van der Waals surface area contributed by atoms with E-state index in [0.29, 0.717) is 23.5 Å². The minimum absolute atomic E-state index is 0.0376. The van der Waals surface area contributed by atoms with Crippen molar-refractivity contribution in [2.24, 2.45) is 5.10 Å². The van der Waals surface area contributed by atoms with Gasteiger partial charge in [0.1, 0.15) is 0 Å². The number of phenolic OH excluding ortho intramolecular Hbond substituents is 1. The molecule has 1 aromatic heterocycles. The number of aromatic nitrogens is 1. The molecule has 1 aromatic carbocycles. The number of amides is 1. The zero-order chi connectivity index (χ0) is 15.9. The molecule has 0 unspecified atom stereocenters. The number of carbonyl (C=O) groups is 1. The van der Waals surface area contributed by atoms with E-state index in [9.17, 15) is 9.90 Å². The summed E-state index contributed by atoms with van der Waals surface area (Å²) in [7, 11) is 0. The molecule has 0 aliphatic heterocycles. The number of halogens is 1. The third kappa shape index (κ3) is 4.05. The lowest BCUT2D eigenvalue weighted by Crippen LogP contribution is -2.17. The minimum Gasteiger partial charge on any atom is -0.504 e. The summed E-state index contributed by atoms with van der Waals surface area (Å²) in [5, 5.41) is 13.9. The van der Waals surface area contributed by atoms with Crippen LogP contribution in [-0.2, 0) is 0 Å². The van der Waals surface area contributed by atoms with Crippen molar-refractivity contribution in [3.05, 3.63) is 52.3 Å². The van der Waals surface area contributed by atoms with Gasteiger partial charge in [0.05, 0.1) is 18.4 Å². The van der Waals surface area contributed by atoms with Gasteiger partial charge in [0.15, 0.2) is 11.5 Å². The topological polar surface area (TPSA) is 83.8 Å². The van der Waals surface area contributed by atoms with Gasteiger partial charge in [-0.1, -0.05) is 15.9 Å². The Bertz CT molecular complexity index is 690. The van der Waals surface area contributed by atoms with E-state index in [0.717, 1.165) is 4.47 Å². The van der Waals surface area contributed by atoms with Crippen molar-refractivity contribution >= 4 is 28.1 Å². The third-order valence-electron chi connectivity index (χ3n) is 2.66. The van der Waals surface area contributed by atoms with Crippen molar-refractivity contribution in [3.63, 3.8) is 0 Å². The number of carbonyl (C=O) groups excluding carboxylic acids is 1. The number of aromatic hydroxyl groups is 1. The molecule has 0 spiro atoms. The van der Waals surface area contributed by atoms with Crippen molar-refractivity contribution in [2.45, 2.75) is 6.92 Å². The first kappa shape index (κ1) is 16.0. The van der Waals surface area contributed by atoms with Gasteiger partial charge >= 0.3 is 0 Å². The predicted molar refractivity (Wildman–Crippen MR) is 86.3 cm³/mol. The van der Waals surface area contributed by atoms with E-state index in [1.54, 1.807) is 30.5 Å².